The minimum Gasteiger partial charge on any atom is -0.359 e. The van der Waals surface area contributed by atoms with Gasteiger partial charge in [-0.1, -0.05) is 71.2 Å². The van der Waals surface area contributed by atoms with E-state index in [9.17, 15) is 14.4 Å². The Kier molecular flexibility index (Phi) is 7.18. The SMILES string of the molecule is CC(C)CCN1C(=O)[C@H]2C(C(=O)Nc3ccc(C(C)C)cc3)[C@H]3C=CC2(O3)C1C(=O)NC1CCCCC1. The smallest absolute Gasteiger partial charge is 0.246 e. The second kappa shape index (κ2) is 10.2. The van der Waals surface area contributed by atoms with Gasteiger partial charge in [0.15, 0.2) is 0 Å². The van der Waals surface area contributed by atoms with Crippen LogP contribution in [0.2, 0.25) is 0 Å². The molecular weight excluding hydrogens is 466 g/mol. The third-order valence-corrected chi connectivity index (χ3v) is 8.67. The summed E-state index contributed by atoms with van der Waals surface area (Å²) in [7, 11) is 0. The van der Waals surface area contributed by atoms with Crippen LogP contribution in [0.4, 0.5) is 5.69 Å². The van der Waals surface area contributed by atoms with Crippen molar-refractivity contribution >= 4 is 23.4 Å². The molecular formula is C30H41N3O4. The Labute approximate surface area is 220 Å². The van der Waals surface area contributed by atoms with Crippen LogP contribution in [0.25, 0.3) is 0 Å². The molecule has 7 nitrogen and oxygen atoms in total. The molecule has 200 valence electrons. The van der Waals surface area contributed by atoms with Crippen LogP contribution in [-0.4, -0.2) is 53.0 Å². The Balaban J connectivity index is 1.40. The summed E-state index contributed by atoms with van der Waals surface area (Å²) in [4.78, 5) is 43.0. The Morgan fingerprint density at radius 1 is 1.05 bits per heavy atom. The van der Waals surface area contributed by atoms with E-state index in [-0.39, 0.29) is 23.8 Å². The van der Waals surface area contributed by atoms with Crippen molar-refractivity contribution in [2.75, 3.05) is 11.9 Å². The average Bonchev–Trinajstić information content (AvgIpc) is 3.51. The molecule has 1 saturated carbocycles. The second-order valence-electron chi connectivity index (χ2n) is 12.0. The van der Waals surface area contributed by atoms with Gasteiger partial charge in [-0.15, -0.1) is 0 Å². The first-order valence-electron chi connectivity index (χ1n) is 14.1. The lowest BCUT2D eigenvalue weighted by atomic mass is 9.74. The lowest BCUT2D eigenvalue weighted by molar-refractivity contribution is -0.141. The normalized spacial score (nSPS) is 30.9. The first kappa shape index (κ1) is 26.0. The first-order chi connectivity index (χ1) is 17.7. The van der Waals surface area contributed by atoms with Gasteiger partial charge in [-0.05, 0) is 48.8 Å². The molecule has 3 unspecified atom stereocenters. The van der Waals surface area contributed by atoms with Crippen molar-refractivity contribution in [3.63, 3.8) is 0 Å². The number of ether oxygens (including phenoxy) is 1. The van der Waals surface area contributed by atoms with Crippen LogP contribution in [0.5, 0.6) is 0 Å². The predicted octanol–water partition coefficient (Wildman–Crippen LogP) is 4.39. The van der Waals surface area contributed by atoms with Crippen LogP contribution in [0.3, 0.4) is 0 Å². The summed E-state index contributed by atoms with van der Waals surface area (Å²) in [5.74, 6) is -1.12. The highest BCUT2D eigenvalue weighted by Crippen LogP contribution is 2.55. The largest absolute Gasteiger partial charge is 0.359 e. The summed E-state index contributed by atoms with van der Waals surface area (Å²) < 4.78 is 6.44. The third-order valence-electron chi connectivity index (χ3n) is 8.67. The maximum absolute atomic E-state index is 13.9. The van der Waals surface area contributed by atoms with E-state index in [1.165, 1.54) is 12.0 Å². The van der Waals surface area contributed by atoms with E-state index in [4.69, 9.17) is 4.74 Å². The minimum atomic E-state index is -1.10. The molecule has 0 radical (unpaired) electrons. The van der Waals surface area contributed by atoms with E-state index in [0.717, 1.165) is 32.1 Å². The van der Waals surface area contributed by atoms with Crippen molar-refractivity contribution < 1.29 is 19.1 Å². The number of benzene rings is 1. The van der Waals surface area contributed by atoms with Gasteiger partial charge in [-0.2, -0.15) is 0 Å². The Morgan fingerprint density at radius 3 is 2.41 bits per heavy atom. The monoisotopic (exact) mass is 507 g/mol. The van der Waals surface area contributed by atoms with Gasteiger partial charge in [0.05, 0.1) is 17.9 Å². The van der Waals surface area contributed by atoms with Crippen molar-refractivity contribution in [3.8, 4) is 0 Å². The highest BCUT2D eigenvalue weighted by molar-refractivity contribution is 6.02. The number of amides is 3. The van der Waals surface area contributed by atoms with Crippen LogP contribution in [0, 0.1) is 17.8 Å². The number of carbonyl (C=O) groups is 3. The standard InChI is InChI=1S/C30H41N3O4/c1-18(2)15-17-33-26(28(35)32-21-8-6-5-7-9-21)30-16-14-23(37-30)24(25(30)29(33)36)27(34)31-22-12-10-20(11-13-22)19(3)4/h10-14,16,18-19,21,23-26H,5-9,15,17H2,1-4H3,(H,31,34)(H,32,35)/t23-,24?,25-,26?,30?/m1/s1. The fourth-order valence-corrected chi connectivity index (χ4v) is 6.61. The number of fused-ring (bicyclic) bond motifs is 1. The van der Waals surface area contributed by atoms with Gasteiger partial charge >= 0.3 is 0 Å². The van der Waals surface area contributed by atoms with Crippen LogP contribution in [0.15, 0.2) is 36.4 Å². The number of hydrogen-bond acceptors (Lipinski definition) is 4. The number of nitrogens with one attached hydrogen (secondary N) is 2. The average molecular weight is 508 g/mol. The summed E-state index contributed by atoms with van der Waals surface area (Å²) in [5, 5.41) is 6.26. The highest BCUT2D eigenvalue weighted by Gasteiger charge is 2.72. The zero-order chi connectivity index (χ0) is 26.3. The van der Waals surface area contributed by atoms with Crippen molar-refractivity contribution in [1.82, 2.24) is 10.2 Å². The van der Waals surface area contributed by atoms with Gasteiger partial charge in [-0.3, -0.25) is 14.4 Å². The number of nitrogens with zero attached hydrogens (tertiary/aromatic N) is 1. The van der Waals surface area contributed by atoms with E-state index in [1.54, 1.807) is 4.90 Å². The summed E-state index contributed by atoms with van der Waals surface area (Å²) in [6, 6.07) is 7.21. The zero-order valence-electron chi connectivity index (χ0n) is 22.5. The van der Waals surface area contributed by atoms with E-state index < -0.39 is 29.6 Å². The number of anilines is 1. The van der Waals surface area contributed by atoms with Crippen molar-refractivity contribution in [2.24, 2.45) is 17.8 Å². The van der Waals surface area contributed by atoms with E-state index in [2.05, 4.69) is 38.3 Å². The Morgan fingerprint density at radius 2 is 1.76 bits per heavy atom. The number of carbonyl (C=O) groups excluding carboxylic acids is 3. The molecule has 1 aromatic carbocycles. The first-order valence-corrected chi connectivity index (χ1v) is 14.1. The van der Waals surface area contributed by atoms with Gasteiger partial charge < -0.3 is 20.3 Å². The predicted molar refractivity (Wildman–Crippen MR) is 143 cm³/mol. The van der Waals surface area contributed by atoms with Crippen LogP contribution < -0.4 is 10.6 Å². The molecule has 1 aliphatic carbocycles. The molecule has 3 heterocycles. The van der Waals surface area contributed by atoms with Gasteiger partial charge in [-0.25, -0.2) is 0 Å². The molecule has 3 aliphatic heterocycles. The fraction of sp³-hybridized carbons (Fsp3) is 0.633. The molecule has 7 heteroatoms. The molecule has 2 bridgehead atoms. The Hall–Kier alpha value is -2.67. The van der Waals surface area contributed by atoms with Crippen LogP contribution in [-0.2, 0) is 19.1 Å². The number of rotatable bonds is 8. The highest BCUT2D eigenvalue weighted by atomic mass is 16.5. The minimum absolute atomic E-state index is 0.134. The summed E-state index contributed by atoms with van der Waals surface area (Å²) >= 11 is 0. The molecule has 3 fully saturated rings. The zero-order valence-corrected chi connectivity index (χ0v) is 22.5. The Bertz CT molecular complexity index is 1060. The molecule has 5 atom stereocenters. The van der Waals surface area contributed by atoms with Gasteiger partial charge in [0, 0.05) is 18.3 Å². The molecule has 37 heavy (non-hydrogen) atoms. The maximum Gasteiger partial charge on any atom is 0.246 e. The molecule has 0 aromatic heterocycles. The lowest BCUT2D eigenvalue weighted by Gasteiger charge is -2.34. The van der Waals surface area contributed by atoms with Gasteiger partial charge in [0.1, 0.15) is 11.6 Å². The van der Waals surface area contributed by atoms with Crippen molar-refractivity contribution in [3.05, 3.63) is 42.0 Å². The topological polar surface area (TPSA) is 87.7 Å². The summed E-state index contributed by atoms with van der Waals surface area (Å²) in [5.41, 5.74) is 0.798. The number of likely N-dealkylation sites (tertiary alicyclic amines) is 1. The van der Waals surface area contributed by atoms with Crippen LogP contribution >= 0.6 is 0 Å². The molecule has 1 aromatic rings. The lowest BCUT2D eigenvalue weighted by Crippen LogP contribution is -2.56. The van der Waals surface area contributed by atoms with E-state index >= 15 is 0 Å². The van der Waals surface area contributed by atoms with E-state index in [0.29, 0.717) is 24.1 Å². The number of hydrogen-bond donors (Lipinski definition) is 2. The molecule has 2 saturated heterocycles. The summed E-state index contributed by atoms with van der Waals surface area (Å²) in [6.45, 7) is 8.95. The fourth-order valence-electron chi connectivity index (χ4n) is 6.61. The summed E-state index contributed by atoms with van der Waals surface area (Å²) in [6.07, 6.45) is 9.39. The van der Waals surface area contributed by atoms with Crippen molar-refractivity contribution in [1.29, 1.82) is 0 Å². The van der Waals surface area contributed by atoms with E-state index in [1.807, 2.05) is 36.4 Å². The molecule has 1 spiro atoms. The third kappa shape index (κ3) is 4.71. The quantitative estimate of drug-likeness (QED) is 0.511. The molecule has 4 aliphatic rings. The van der Waals surface area contributed by atoms with Crippen molar-refractivity contribution in [2.45, 2.75) is 95.9 Å². The molecule has 5 rings (SSSR count). The van der Waals surface area contributed by atoms with Crippen LogP contribution in [0.1, 0.15) is 77.7 Å². The van der Waals surface area contributed by atoms with Gasteiger partial charge in [0.2, 0.25) is 17.7 Å². The van der Waals surface area contributed by atoms with Gasteiger partial charge in [0.25, 0.3) is 0 Å². The molecule has 3 amide bonds. The second-order valence-corrected chi connectivity index (χ2v) is 12.0. The maximum atomic E-state index is 13.9. The molecule has 2 N–H and O–H groups in total.